The second-order valence-corrected chi connectivity index (χ2v) is 2.58. The standard InChI is InChI=1S/C7H10N4O3/c1-11-4-9-2-5(11)7(13)10-14-3-6(8)12/h2,4H,3H2,1H3,(H2,8,12)(H,10,13). The third-order valence-electron chi connectivity index (χ3n) is 1.43. The molecule has 3 N–H and O–H groups in total. The van der Waals surface area contributed by atoms with Crippen LogP contribution >= 0.6 is 0 Å². The Balaban J connectivity index is 2.44. The van der Waals surface area contributed by atoms with E-state index in [0.717, 1.165) is 0 Å². The number of nitrogens with one attached hydrogen (secondary N) is 1. The highest BCUT2D eigenvalue weighted by Crippen LogP contribution is 1.94. The Morgan fingerprint density at radius 3 is 2.93 bits per heavy atom. The first-order valence-electron chi connectivity index (χ1n) is 3.78. The van der Waals surface area contributed by atoms with Crippen molar-refractivity contribution in [2.75, 3.05) is 6.61 Å². The minimum Gasteiger partial charge on any atom is -0.368 e. The summed E-state index contributed by atoms with van der Waals surface area (Å²) >= 11 is 0. The summed E-state index contributed by atoms with van der Waals surface area (Å²) in [5.74, 6) is -1.14. The maximum atomic E-state index is 11.3. The molecule has 0 saturated carbocycles. The maximum Gasteiger partial charge on any atom is 0.293 e. The van der Waals surface area contributed by atoms with Gasteiger partial charge in [-0.15, -0.1) is 0 Å². The van der Waals surface area contributed by atoms with Gasteiger partial charge in [0.2, 0.25) is 5.91 Å². The highest BCUT2D eigenvalue weighted by molar-refractivity contribution is 5.91. The number of hydrogen-bond acceptors (Lipinski definition) is 4. The van der Waals surface area contributed by atoms with Crippen molar-refractivity contribution in [1.82, 2.24) is 15.0 Å². The SMILES string of the molecule is Cn1cncc1C(=O)NOCC(N)=O. The van der Waals surface area contributed by atoms with Crippen LogP contribution in [0.3, 0.4) is 0 Å². The molecule has 1 heterocycles. The van der Waals surface area contributed by atoms with Crippen LogP contribution in [0.1, 0.15) is 10.5 Å². The quantitative estimate of drug-likeness (QED) is 0.579. The molecule has 1 aromatic rings. The maximum absolute atomic E-state index is 11.3. The molecule has 0 saturated heterocycles. The van der Waals surface area contributed by atoms with Crippen molar-refractivity contribution >= 4 is 11.8 Å². The average Bonchev–Trinajstić information content (AvgIpc) is 2.50. The average molecular weight is 198 g/mol. The first kappa shape index (κ1) is 10.2. The molecule has 0 aliphatic rings. The minimum atomic E-state index is -0.657. The second-order valence-electron chi connectivity index (χ2n) is 2.58. The Hall–Kier alpha value is -1.89. The van der Waals surface area contributed by atoms with E-state index in [0.29, 0.717) is 5.69 Å². The van der Waals surface area contributed by atoms with Crippen LogP contribution in [-0.2, 0) is 16.7 Å². The van der Waals surface area contributed by atoms with E-state index in [4.69, 9.17) is 5.73 Å². The molecule has 0 fully saturated rings. The molecule has 0 unspecified atom stereocenters. The van der Waals surface area contributed by atoms with Gasteiger partial charge in [0.25, 0.3) is 5.91 Å². The topological polar surface area (TPSA) is 99.2 Å². The number of amides is 2. The fraction of sp³-hybridized carbons (Fsp3) is 0.286. The number of nitrogens with zero attached hydrogens (tertiary/aromatic N) is 2. The molecule has 0 radical (unpaired) electrons. The molecule has 0 aliphatic carbocycles. The number of rotatable bonds is 4. The van der Waals surface area contributed by atoms with E-state index in [9.17, 15) is 9.59 Å². The number of aryl methyl sites for hydroxylation is 1. The molecule has 0 aromatic carbocycles. The van der Waals surface area contributed by atoms with Crippen LogP contribution in [0.4, 0.5) is 0 Å². The van der Waals surface area contributed by atoms with E-state index in [-0.39, 0.29) is 6.61 Å². The molecule has 1 aromatic heterocycles. The van der Waals surface area contributed by atoms with Gasteiger partial charge < -0.3 is 10.3 Å². The molecule has 76 valence electrons. The lowest BCUT2D eigenvalue weighted by molar-refractivity contribution is -0.124. The molecule has 0 bridgehead atoms. The van der Waals surface area contributed by atoms with Crippen molar-refractivity contribution in [1.29, 1.82) is 0 Å². The molecule has 7 heteroatoms. The lowest BCUT2D eigenvalue weighted by Crippen LogP contribution is -2.30. The molecular weight excluding hydrogens is 188 g/mol. The largest absolute Gasteiger partial charge is 0.368 e. The highest BCUT2D eigenvalue weighted by Gasteiger charge is 2.09. The zero-order chi connectivity index (χ0) is 10.6. The number of hydrogen-bond donors (Lipinski definition) is 2. The van der Waals surface area contributed by atoms with Crippen LogP contribution in [0.15, 0.2) is 12.5 Å². The first-order chi connectivity index (χ1) is 6.61. The number of nitrogens with two attached hydrogens (primary N) is 1. The van der Waals surface area contributed by atoms with Gasteiger partial charge in [-0.05, 0) is 0 Å². The van der Waals surface area contributed by atoms with Gasteiger partial charge >= 0.3 is 0 Å². The number of carbonyl (C=O) groups is 2. The van der Waals surface area contributed by atoms with Gasteiger partial charge in [0.05, 0.1) is 12.5 Å². The number of primary amides is 1. The summed E-state index contributed by atoms with van der Waals surface area (Å²) in [6, 6.07) is 0. The summed E-state index contributed by atoms with van der Waals surface area (Å²) in [7, 11) is 1.66. The van der Waals surface area contributed by atoms with Crippen molar-refractivity contribution in [2.24, 2.45) is 12.8 Å². The second kappa shape index (κ2) is 4.38. The molecule has 7 nitrogen and oxygen atoms in total. The Labute approximate surface area is 79.8 Å². The van der Waals surface area contributed by atoms with Gasteiger partial charge in [-0.1, -0.05) is 0 Å². The Bertz CT molecular complexity index is 346. The summed E-state index contributed by atoms with van der Waals surface area (Å²) in [6.07, 6.45) is 2.85. The van der Waals surface area contributed by atoms with Crippen molar-refractivity contribution in [3.8, 4) is 0 Å². The zero-order valence-electron chi connectivity index (χ0n) is 7.56. The summed E-state index contributed by atoms with van der Waals surface area (Å²) < 4.78 is 1.52. The van der Waals surface area contributed by atoms with Crippen molar-refractivity contribution in [3.63, 3.8) is 0 Å². The van der Waals surface area contributed by atoms with Crippen LogP contribution in [0.2, 0.25) is 0 Å². The smallest absolute Gasteiger partial charge is 0.293 e. The van der Waals surface area contributed by atoms with Crippen molar-refractivity contribution in [2.45, 2.75) is 0 Å². The van der Waals surface area contributed by atoms with E-state index >= 15 is 0 Å². The predicted molar refractivity (Wildman–Crippen MR) is 45.8 cm³/mol. The van der Waals surface area contributed by atoms with Gasteiger partial charge in [0.1, 0.15) is 5.69 Å². The van der Waals surface area contributed by atoms with Crippen LogP contribution in [0, 0.1) is 0 Å². The van der Waals surface area contributed by atoms with Crippen LogP contribution < -0.4 is 11.2 Å². The third-order valence-corrected chi connectivity index (χ3v) is 1.43. The molecule has 14 heavy (non-hydrogen) atoms. The lowest BCUT2D eigenvalue weighted by Gasteiger charge is -2.03. The summed E-state index contributed by atoms with van der Waals surface area (Å²) in [5.41, 5.74) is 7.18. The summed E-state index contributed by atoms with van der Waals surface area (Å²) in [4.78, 5) is 29.8. The zero-order valence-corrected chi connectivity index (χ0v) is 7.56. The van der Waals surface area contributed by atoms with Crippen molar-refractivity contribution in [3.05, 3.63) is 18.2 Å². The Morgan fingerprint density at radius 2 is 2.43 bits per heavy atom. The van der Waals surface area contributed by atoms with E-state index in [1.54, 1.807) is 7.05 Å². The highest BCUT2D eigenvalue weighted by atomic mass is 16.7. The van der Waals surface area contributed by atoms with Crippen LogP contribution in [-0.4, -0.2) is 28.0 Å². The van der Waals surface area contributed by atoms with Crippen molar-refractivity contribution < 1.29 is 14.4 Å². The Morgan fingerprint density at radius 1 is 1.71 bits per heavy atom. The first-order valence-corrected chi connectivity index (χ1v) is 3.78. The van der Waals surface area contributed by atoms with E-state index in [1.165, 1.54) is 17.1 Å². The summed E-state index contributed by atoms with van der Waals surface area (Å²) in [5, 5.41) is 0. The minimum absolute atomic E-state index is 0.328. The monoisotopic (exact) mass is 198 g/mol. The fourth-order valence-electron chi connectivity index (χ4n) is 0.801. The third kappa shape index (κ3) is 2.56. The normalized spacial score (nSPS) is 9.79. The van der Waals surface area contributed by atoms with Crippen LogP contribution in [0.25, 0.3) is 0 Å². The molecule has 0 spiro atoms. The van der Waals surface area contributed by atoms with E-state index in [2.05, 4.69) is 15.3 Å². The molecular formula is C7H10N4O3. The van der Waals surface area contributed by atoms with Gasteiger partial charge in [-0.2, -0.15) is 0 Å². The number of imidazole rings is 1. The van der Waals surface area contributed by atoms with Crippen LogP contribution in [0.5, 0.6) is 0 Å². The molecule has 2 amide bonds. The van der Waals surface area contributed by atoms with E-state index < -0.39 is 11.8 Å². The molecule has 0 atom stereocenters. The predicted octanol–water partition coefficient (Wildman–Crippen LogP) is -1.43. The van der Waals surface area contributed by atoms with Gasteiger partial charge in [0.15, 0.2) is 6.61 Å². The lowest BCUT2D eigenvalue weighted by atomic mass is 10.4. The molecule has 0 aliphatic heterocycles. The number of hydroxylamine groups is 1. The number of aromatic nitrogens is 2. The van der Waals surface area contributed by atoms with Gasteiger partial charge in [-0.3, -0.25) is 14.4 Å². The Kier molecular flexibility index (Phi) is 3.19. The molecule has 1 rings (SSSR count). The summed E-state index contributed by atoms with van der Waals surface area (Å²) in [6.45, 7) is -0.358. The number of carbonyl (C=O) groups excluding carboxylic acids is 2. The van der Waals surface area contributed by atoms with E-state index in [1.807, 2.05) is 0 Å². The fourth-order valence-corrected chi connectivity index (χ4v) is 0.801. The van der Waals surface area contributed by atoms with Gasteiger partial charge in [-0.25, -0.2) is 10.5 Å². The van der Waals surface area contributed by atoms with Gasteiger partial charge in [0, 0.05) is 7.05 Å².